The summed E-state index contributed by atoms with van der Waals surface area (Å²) >= 11 is 0. The van der Waals surface area contributed by atoms with E-state index in [1.165, 1.54) is 0 Å². The van der Waals surface area contributed by atoms with Crippen molar-refractivity contribution in [3.8, 4) is 6.07 Å². The van der Waals surface area contributed by atoms with E-state index in [9.17, 15) is 0 Å². The van der Waals surface area contributed by atoms with Gasteiger partial charge in [0.1, 0.15) is 6.04 Å². The number of dihydropyridines is 1. The van der Waals surface area contributed by atoms with Crippen molar-refractivity contribution in [2.24, 2.45) is 0 Å². The van der Waals surface area contributed by atoms with Gasteiger partial charge >= 0.3 is 0 Å². The lowest BCUT2D eigenvalue weighted by molar-refractivity contribution is 0.811. The molecule has 2 N–H and O–H groups in total. The Morgan fingerprint density at radius 1 is 1.80 bits per heavy atom. The van der Waals surface area contributed by atoms with E-state index in [0.29, 0.717) is 0 Å². The van der Waals surface area contributed by atoms with Crippen molar-refractivity contribution in [2.75, 3.05) is 7.05 Å². The fraction of sp³-hybridized carbons (Fsp3) is 0.286. The van der Waals surface area contributed by atoms with E-state index in [1.54, 1.807) is 6.20 Å². The number of hydrogen-bond donors (Lipinski definition) is 2. The largest absolute Gasteiger partial charge is 0.388 e. The van der Waals surface area contributed by atoms with E-state index in [1.807, 2.05) is 19.2 Å². The molecule has 1 aliphatic rings. The fourth-order valence-corrected chi connectivity index (χ4v) is 0.766. The first-order chi connectivity index (χ1) is 4.86. The molecule has 1 unspecified atom stereocenters. The molecule has 52 valence electrons. The van der Waals surface area contributed by atoms with Crippen LogP contribution in [0.15, 0.2) is 24.0 Å². The van der Waals surface area contributed by atoms with Crippen LogP contribution in [-0.2, 0) is 0 Å². The minimum absolute atomic E-state index is 0.188. The van der Waals surface area contributed by atoms with Crippen LogP contribution >= 0.6 is 0 Å². The van der Waals surface area contributed by atoms with Gasteiger partial charge in [0.05, 0.1) is 6.07 Å². The number of allylic oxidation sites excluding steroid dienone is 1. The zero-order valence-corrected chi connectivity index (χ0v) is 5.76. The predicted octanol–water partition coefficient (Wildman–Crippen LogP) is 0.0988. The van der Waals surface area contributed by atoms with Gasteiger partial charge in [-0.2, -0.15) is 5.26 Å². The average Bonchev–Trinajstić information content (AvgIpc) is 2.05. The Hall–Kier alpha value is -1.43. The van der Waals surface area contributed by atoms with E-state index in [2.05, 4.69) is 16.7 Å². The number of nitrogens with zero attached hydrogens (tertiary/aromatic N) is 1. The van der Waals surface area contributed by atoms with Crippen molar-refractivity contribution in [1.29, 1.82) is 5.26 Å². The minimum Gasteiger partial charge on any atom is -0.388 e. The summed E-state index contributed by atoms with van der Waals surface area (Å²) in [7, 11) is 1.83. The average molecular weight is 135 g/mol. The molecular formula is C7H9N3. The summed E-state index contributed by atoms with van der Waals surface area (Å²) in [5, 5.41) is 14.3. The zero-order valence-electron chi connectivity index (χ0n) is 5.76. The quantitative estimate of drug-likeness (QED) is 0.536. The van der Waals surface area contributed by atoms with Gasteiger partial charge in [-0.25, -0.2) is 0 Å². The summed E-state index contributed by atoms with van der Waals surface area (Å²) in [5.41, 5.74) is 0.977. The molecule has 1 aliphatic heterocycles. The molecule has 10 heavy (non-hydrogen) atoms. The highest BCUT2D eigenvalue weighted by atomic mass is 14.9. The first-order valence-corrected chi connectivity index (χ1v) is 3.08. The number of hydrogen-bond acceptors (Lipinski definition) is 3. The molecule has 0 aromatic rings. The Morgan fingerprint density at radius 2 is 2.60 bits per heavy atom. The Morgan fingerprint density at radius 3 is 3.20 bits per heavy atom. The molecule has 0 fully saturated rings. The van der Waals surface area contributed by atoms with Gasteiger partial charge in [-0.3, -0.25) is 0 Å². The van der Waals surface area contributed by atoms with Crippen molar-refractivity contribution in [1.82, 2.24) is 10.6 Å². The topological polar surface area (TPSA) is 47.9 Å². The van der Waals surface area contributed by atoms with E-state index >= 15 is 0 Å². The van der Waals surface area contributed by atoms with Gasteiger partial charge in [-0.15, -0.1) is 0 Å². The van der Waals surface area contributed by atoms with Gasteiger partial charge in [-0.1, -0.05) is 0 Å². The standard InChI is InChI=1S/C7H9N3/c1-9-6-2-3-10-7(4-6)5-8/h2-4,7,9-10H,1H3. The molecule has 0 saturated carbocycles. The van der Waals surface area contributed by atoms with E-state index in [-0.39, 0.29) is 6.04 Å². The molecule has 0 amide bonds. The van der Waals surface area contributed by atoms with Gasteiger partial charge in [0.15, 0.2) is 0 Å². The second-order valence-corrected chi connectivity index (χ2v) is 1.98. The van der Waals surface area contributed by atoms with Crippen LogP contribution in [0, 0.1) is 11.3 Å². The Bertz CT molecular complexity index is 209. The van der Waals surface area contributed by atoms with E-state index in [0.717, 1.165) is 5.70 Å². The molecule has 0 aromatic heterocycles. The summed E-state index contributed by atoms with van der Waals surface area (Å²) in [5.74, 6) is 0. The third-order valence-corrected chi connectivity index (χ3v) is 1.31. The zero-order chi connectivity index (χ0) is 7.40. The Kier molecular flexibility index (Phi) is 1.96. The molecular weight excluding hydrogens is 126 g/mol. The molecule has 0 bridgehead atoms. The summed E-state index contributed by atoms with van der Waals surface area (Å²) in [4.78, 5) is 0. The van der Waals surface area contributed by atoms with Crippen molar-refractivity contribution < 1.29 is 0 Å². The summed E-state index contributed by atoms with van der Waals surface area (Å²) in [6, 6.07) is 1.90. The van der Waals surface area contributed by atoms with E-state index < -0.39 is 0 Å². The highest BCUT2D eigenvalue weighted by Crippen LogP contribution is 1.99. The molecule has 0 spiro atoms. The van der Waals surface area contributed by atoms with Gasteiger partial charge < -0.3 is 10.6 Å². The molecule has 0 saturated heterocycles. The molecule has 1 atom stereocenters. The summed E-state index contributed by atoms with van der Waals surface area (Å²) in [6.07, 6.45) is 5.48. The lowest BCUT2D eigenvalue weighted by Crippen LogP contribution is -2.25. The van der Waals surface area contributed by atoms with E-state index in [4.69, 9.17) is 5.26 Å². The molecule has 1 heterocycles. The third-order valence-electron chi connectivity index (χ3n) is 1.31. The van der Waals surface area contributed by atoms with Gasteiger partial charge in [0, 0.05) is 12.7 Å². The Labute approximate surface area is 60.0 Å². The monoisotopic (exact) mass is 135 g/mol. The second-order valence-electron chi connectivity index (χ2n) is 1.98. The van der Waals surface area contributed by atoms with Crippen LogP contribution < -0.4 is 10.6 Å². The number of rotatable bonds is 1. The van der Waals surface area contributed by atoms with Gasteiger partial charge in [0.25, 0.3) is 0 Å². The van der Waals surface area contributed by atoms with Crippen molar-refractivity contribution in [3.05, 3.63) is 24.0 Å². The molecule has 3 heteroatoms. The highest BCUT2D eigenvalue weighted by Gasteiger charge is 2.03. The number of nitriles is 1. The fourth-order valence-electron chi connectivity index (χ4n) is 0.766. The number of nitrogens with one attached hydrogen (secondary N) is 2. The van der Waals surface area contributed by atoms with Crippen LogP contribution in [0.4, 0.5) is 0 Å². The predicted molar refractivity (Wildman–Crippen MR) is 38.8 cm³/mol. The molecule has 0 radical (unpaired) electrons. The SMILES string of the molecule is CNC1=CC(C#N)NC=C1. The summed E-state index contributed by atoms with van der Waals surface area (Å²) < 4.78 is 0. The van der Waals surface area contributed by atoms with Gasteiger partial charge in [0.2, 0.25) is 0 Å². The maximum absolute atomic E-state index is 8.49. The normalized spacial score (nSPS) is 22.4. The van der Waals surface area contributed by atoms with Crippen LogP contribution in [0.2, 0.25) is 0 Å². The van der Waals surface area contributed by atoms with Crippen molar-refractivity contribution >= 4 is 0 Å². The second kappa shape index (κ2) is 2.92. The maximum Gasteiger partial charge on any atom is 0.135 e. The van der Waals surface area contributed by atoms with Crippen molar-refractivity contribution in [2.45, 2.75) is 6.04 Å². The van der Waals surface area contributed by atoms with Crippen LogP contribution in [0.25, 0.3) is 0 Å². The number of likely N-dealkylation sites (N-methyl/N-ethyl adjacent to an activating group) is 1. The lowest BCUT2D eigenvalue weighted by Gasteiger charge is -2.11. The van der Waals surface area contributed by atoms with Crippen LogP contribution in [0.5, 0.6) is 0 Å². The van der Waals surface area contributed by atoms with Crippen LogP contribution in [-0.4, -0.2) is 13.1 Å². The maximum atomic E-state index is 8.49. The highest BCUT2D eigenvalue weighted by molar-refractivity contribution is 5.26. The Balaban J connectivity index is 2.67. The third kappa shape index (κ3) is 1.29. The van der Waals surface area contributed by atoms with Crippen molar-refractivity contribution in [3.63, 3.8) is 0 Å². The smallest absolute Gasteiger partial charge is 0.135 e. The van der Waals surface area contributed by atoms with Crippen LogP contribution in [0.1, 0.15) is 0 Å². The minimum atomic E-state index is -0.188. The summed E-state index contributed by atoms with van der Waals surface area (Å²) in [6.45, 7) is 0. The first kappa shape index (κ1) is 6.69. The lowest BCUT2D eigenvalue weighted by atomic mass is 10.2. The molecule has 1 rings (SSSR count). The van der Waals surface area contributed by atoms with Crippen LogP contribution in [0.3, 0.4) is 0 Å². The van der Waals surface area contributed by atoms with Gasteiger partial charge in [-0.05, 0) is 18.4 Å². The molecule has 0 aliphatic carbocycles. The molecule has 3 nitrogen and oxygen atoms in total. The first-order valence-electron chi connectivity index (χ1n) is 3.08. The molecule has 0 aromatic carbocycles.